The summed E-state index contributed by atoms with van der Waals surface area (Å²) in [7, 11) is 0. The number of carboxylic acid groups (broad SMARTS) is 1. The van der Waals surface area contributed by atoms with Gasteiger partial charge in [0.15, 0.2) is 0 Å². The Kier molecular flexibility index (Phi) is 4.96. The molecule has 2 rings (SSSR count). The molecule has 3 nitrogen and oxygen atoms in total. The van der Waals surface area contributed by atoms with Gasteiger partial charge in [-0.1, -0.05) is 24.3 Å². The summed E-state index contributed by atoms with van der Waals surface area (Å²) in [5, 5.41) is 8.88. The van der Waals surface area contributed by atoms with Crippen molar-refractivity contribution in [2.45, 2.75) is 19.0 Å². The number of aliphatic carboxylic acids is 1. The van der Waals surface area contributed by atoms with E-state index in [0.717, 1.165) is 36.4 Å². The summed E-state index contributed by atoms with van der Waals surface area (Å²) in [5.74, 6) is -1.93. The number of benzene rings is 2. The summed E-state index contributed by atoms with van der Waals surface area (Å²) in [4.78, 5) is 10.9. The second kappa shape index (κ2) is 6.66. The maximum absolute atomic E-state index is 13.2. The molecule has 2 aromatic rings. The molecule has 0 spiro atoms. The number of alkyl halides is 6. The molecule has 0 fully saturated rings. The molecule has 2 aromatic carbocycles. The van der Waals surface area contributed by atoms with E-state index in [-0.39, 0.29) is 11.1 Å². The lowest BCUT2D eigenvalue weighted by Crippen LogP contribution is -2.17. The average molecular weight is 364 g/mol. The van der Waals surface area contributed by atoms with E-state index < -0.39 is 41.8 Å². The Morgan fingerprint density at radius 3 is 2.04 bits per heavy atom. The highest BCUT2D eigenvalue weighted by Gasteiger charge is 2.35. The topological polar surface area (TPSA) is 46.5 Å². The van der Waals surface area contributed by atoms with Crippen molar-refractivity contribution in [2.75, 3.05) is 0 Å². The van der Waals surface area contributed by atoms with E-state index in [1.807, 2.05) is 0 Å². The van der Waals surface area contributed by atoms with E-state index >= 15 is 0 Å². The Morgan fingerprint density at radius 2 is 1.56 bits per heavy atom. The highest BCUT2D eigenvalue weighted by atomic mass is 19.4. The predicted octanol–water partition coefficient (Wildman–Crippen LogP) is 4.90. The number of rotatable bonds is 4. The first-order chi connectivity index (χ1) is 11.5. The molecule has 0 bridgehead atoms. The fraction of sp³-hybridized carbons (Fsp3) is 0.188. The molecular weight excluding hydrogens is 354 g/mol. The number of ether oxygens (including phenoxy) is 1. The van der Waals surface area contributed by atoms with E-state index in [1.165, 1.54) is 6.07 Å². The molecule has 134 valence electrons. The van der Waals surface area contributed by atoms with Crippen LogP contribution in [-0.2, 0) is 17.4 Å². The first kappa shape index (κ1) is 18.6. The number of halogens is 6. The van der Waals surface area contributed by atoms with E-state index in [2.05, 4.69) is 4.74 Å². The molecule has 0 aliphatic carbocycles. The first-order valence-electron chi connectivity index (χ1n) is 6.74. The van der Waals surface area contributed by atoms with Gasteiger partial charge in [-0.25, -0.2) is 0 Å². The second-order valence-corrected chi connectivity index (χ2v) is 4.98. The standard InChI is InChI=1S/C16H10F6O3/c17-15(18,19)12-3-1-2-10(8-13(23)24)14(12)9-4-6-11(7-5-9)25-16(20,21)22/h1-7H,8H2,(H,23,24). The van der Waals surface area contributed by atoms with E-state index in [9.17, 15) is 31.1 Å². The minimum absolute atomic E-state index is 0.0706. The Balaban J connectivity index is 2.54. The van der Waals surface area contributed by atoms with E-state index in [1.54, 1.807) is 0 Å². The summed E-state index contributed by atoms with van der Waals surface area (Å²) >= 11 is 0. The van der Waals surface area contributed by atoms with Crippen LogP contribution in [0.1, 0.15) is 11.1 Å². The molecule has 0 radical (unpaired) electrons. The van der Waals surface area contributed by atoms with Gasteiger partial charge < -0.3 is 9.84 Å². The lowest BCUT2D eigenvalue weighted by molar-refractivity contribution is -0.274. The van der Waals surface area contributed by atoms with Crippen LogP contribution in [0.2, 0.25) is 0 Å². The van der Waals surface area contributed by atoms with Gasteiger partial charge in [-0.2, -0.15) is 13.2 Å². The largest absolute Gasteiger partial charge is 0.573 e. The molecule has 0 atom stereocenters. The van der Waals surface area contributed by atoms with Crippen molar-refractivity contribution in [3.63, 3.8) is 0 Å². The molecule has 0 aromatic heterocycles. The van der Waals surface area contributed by atoms with Crippen LogP contribution in [0.25, 0.3) is 11.1 Å². The minimum Gasteiger partial charge on any atom is -0.481 e. The van der Waals surface area contributed by atoms with Crippen molar-refractivity contribution >= 4 is 5.97 Å². The van der Waals surface area contributed by atoms with Gasteiger partial charge in [0, 0.05) is 0 Å². The Hall–Kier alpha value is -2.71. The normalized spacial score (nSPS) is 12.1. The third kappa shape index (κ3) is 4.88. The van der Waals surface area contributed by atoms with Gasteiger partial charge in [0.1, 0.15) is 5.75 Å². The van der Waals surface area contributed by atoms with Crippen molar-refractivity contribution in [1.82, 2.24) is 0 Å². The van der Waals surface area contributed by atoms with E-state index in [0.29, 0.717) is 0 Å². The lowest BCUT2D eigenvalue weighted by Gasteiger charge is -2.17. The molecule has 0 aliphatic heterocycles. The maximum atomic E-state index is 13.2. The van der Waals surface area contributed by atoms with Gasteiger partial charge in [0.2, 0.25) is 0 Å². The third-order valence-electron chi connectivity index (χ3n) is 3.17. The molecule has 9 heteroatoms. The molecule has 0 saturated carbocycles. The van der Waals surface area contributed by atoms with Crippen molar-refractivity contribution in [2.24, 2.45) is 0 Å². The van der Waals surface area contributed by atoms with Crippen LogP contribution in [0.4, 0.5) is 26.3 Å². The molecular formula is C16H10F6O3. The molecule has 25 heavy (non-hydrogen) atoms. The quantitative estimate of drug-likeness (QED) is 0.785. The highest BCUT2D eigenvalue weighted by Crippen LogP contribution is 2.39. The van der Waals surface area contributed by atoms with Gasteiger partial charge in [0.25, 0.3) is 0 Å². The zero-order chi connectivity index (χ0) is 18.8. The Morgan fingerprint density at radius 1 is 0.960 bits per heavy atom. The molecule has 0 amide bonds. The fourth-order valence-electron chi connectivity index (χ4n) is 2.31. The molecule has 0 heterocycles. The van der Waals surface area contributed by atoms with Crippen LogP contribution in [0.5, 0.6) is 5.75 Å². The number of carboxylic acids is 1. The SMILES string of the molecule is O=C(O)Cc1cccc(C(F)(F)F)c1-c1ccc(OC(F)(F)F)cc1. The molecule has 0 unspecified atom stereocenters. The third-order valence-corrected chi connectivity index (χ3v) is 3.17. The summed E-state index contributed by atoms with van der Waals surface area (Å²) in [6.07, 6.45) is -10.4. The van der Waals surface area contributed by atoms with Gasteiger partial charge in [-0.15, -0.1) is 13.2 Å². The van der Waals surface area contributed by atoms with Crippen LogP contribution in [0, 0.1) is 0 Å². The van der Waals surface area contributed by atoms with Gasteiger partial charge in [-0.05, 0) is 34.9 Å². The highest BCUT2D eigenvalue weighted by molar-refractivity contribution is 5.79. The molecule has 1 N–H and O–H groups in total. The first-order valence-corrected chi connectivity index (χ1v) is 6.74. The van der Waals surface area contributed by atoms with E-state index in [4.69, 9.17) is 5.11 Å². The van der Waals surface area contributed by atoms with Gasteiger partial charge in [0.05, 0.1) is 12.0 Å². The summed E-state index contributed by atoms with van der Waals surface area (Å²) < 4.78 is 79.8. The number of carbonyl (C=O) groups is 1. The second-order valence-electron chi connectivity index (χ2n) is 4.98. The molecule has 0 aliphatic rings. The Bertz CT molecular complexity index is 763. The smallest absolute Gasteiger partial charge is 0.481 e. The van der Waals surface area contributed by atoms with Crippen LogP contribution < -0.4 is 4.74 Å². The van der Waals surface area contributed by atoms with Crippen LogP contribution in [-0.4, -0.2) is 17.4 Å². The minimum atomic E-state index is -4.93. The van der Waals surface area contributed by atoms with Crippen molar-refractivity contribution in [3.8, 4) is 16.9 Å². The summed E-state index contributed by atoms with van der Waals surface area (Å²) in [5.41, 5.74) is -1.64. The van der Waals surface area contributed by atoms with Crippen molar-refractivity contribution in [3.05, 3.63) is 53.6 Å². The van der Waals surface area contributed by atoms with Gasteiger partial charge >= 0.3 is 18.5 Å². The zero-order valence-electron chi connectivity index (χ0n) is 12.3. The van der Waals surface area contributed by atoms with Crippen LogP contribution in [0.3, 0.4) is 0 Å². The number of hydrogen-bond acceptors (Lipinski definition) is 2. The van der Waals surface area contributed by atoms with Crippen LogP contribution in [0.15, 0.2) is 42.5 Å². The Labute approximate surface area is 137 Å². The summed E-state index contributed by atoms with van der Waals surface area (Å²) in [6, 6.07) is 6.82. The maximum Gasteiger partial charge on any atom is 0.573 e. The zero-order valence-corrected chi connectivity index (χ0v) is 12.3. The van der Waals surface area contributed by atoms with Crippen molar-refractivity contribution < 1.29 is 41.0 Å². The van der Waals surface area contributed by atoms with Gasteiger partial charge in [-0.3, -0.25) is 4.79 Å². The molecule has 0 saturated heterocycles. The van der Waals surface area contributed by atoms with Crippen molar-refractivity contribution in [1.29, 1.82) is 0 Å². The average Bonchev–Trinajstić information content (AvgIpc) is 2.45. The predicted molar refractivity (Wildman–Crippen MR) is 74.9 cm³/mol. The van der Waals surface area contributed by atoms with Crippen LogP contribution >= 0.6 is 0 Å². The monoisotopic (exact) mass is 364 g/mol. The lowest BCUT2D eigenvalue weighted by atomic mass is 9.92. The number of hydrogen-bond donors (Lipinski definition) is 1. The summed E-state index contributed by atoms with van der Waals surface area (Å²) in [6.45, 7) is 0. The fourth-order valence-corrected chi connectivity index (χ4v) is 2.31.